The molecule has 1 saturated carbocycles. The van der Waals surface area contributed by atoms with Gasteiger partial charge in [0.05, 0.1) is 5.56 Å². The Morgan fingerprint density at radius 3 is 3.06 bits per heavy atom. The molecule has 0 radical (unpaired) electrons. The van der Waals surface area contributed by atoms with Gasteiger partial charge in [0.2, 0.25) is 5.95 Å². The van der Waals surface area contributed by atoms with Crippen LogP contribution in [0.15, 0.2) is 18.3 Å². The van der Waals surface area contributed by atoms with Crippen LogP contribution in [-0.2, 0) is 0 Å². The third-order valence-electron chi connectivity index (χ3n) is 3.28. The van der Waals surface area contributed by atoms with Gasteiger partial charge in [0, 0.05) is 12.2 Å². The molecule has 0 spiro atoms. The van der Waals surface area contributed by atoms with Crippen LogP contribution in [-0.4, -0.2) is 16.9 Å². The van der Waals surface area contributed by atoms with Crippen LogP contribution < -0.4 is 5.32 Å². The molecule has 1 aromatic rings. The number of hydrogen-bond acceptors (Lipinski definition) is 2. The summed E-state index contributed by atoms with van der Waals surface area (Å²) in [6.45, 7) is 2.18. The highest BCUT2D eigenvalue weighted by Gasteiger charge is 2.22. The van der Waals surface area contributed by atoms with Gasteiger partial charge >= 0.3 is 0 Å². The number of rotatable bonds is 2. The molecular formula is C13H17FN2O. The van der Waals surface area contributed by atoms with Crippen molar-refractivity contribution in [3.05, 3.63) is 29.8 Å². The maximum absolute atomic E-state index is 13.3. The Kier molecular flexibility index (Phi) is 3.71. The fourth-order valence-corrected chi connectivity index (χ4v) is 2.38. The zero-order valence-electron chi connectivity index (χ0n) is 9.95. The second-order valence-electron chi connectivity index (χ2n) is 4.78. The Balaban J connectivity index is 1.99. The highest BCUT2D eigenvalue weighted by molar-refractivity contribution is 5.94. The minimum Gasteiger partial charge on any atom is -0.349 e. The predicted octanol–water partition coefficient (Wildman–Crippen LogP) is 2.53. The van der Waals surface area contributed by atoms with Crippen LogP contribution in [0, 0.1) is 11.9 Å². The Labute approximate surface area is 100 Å². The third-order valence-corrected chi connectivity index (χ3v) is 3.28. The number of nitrogens with zero attached hydrogens (tertiary/aromatic N) is 1. The summed E-state index contributed by atoms with van der Waals surface area (Å²) in [4.78, 5) is 15.3. The molecule has 0 aliphatic heterocycles. The van der Waals surface area contributed by atoms with Gasteiger partial charge in [-0.2, -0.15) is 4.39 Å². The highest BCUT2D eigenvalue weighted by Crippen LogP contribution is 2.23. The first kappa shape index (κ1) is 12.0. The molecule has 1 N–H and O–H groups in total. The van der Waals surface area contributed by atoms with E-state index < -0.39 is 5.95 Å². The van der Waals surface area contributed by atoms with Gasteiger partial charge in [0.25, 0.3) is 5.91 Å². The molecule has 3 nitrogen and oxygen atoms in total. The maximum Gasteiger partial charge on any atom is 0.256 e. The molecule has 0 bridgehead atoms. The number of nitrogens with one attached hydrogen (secondary N) is 1. The van der Waals surface area contributed by atoms with Gasteiger partial charge in [-0.05, 0) is 30.9 Å². The largest absolute Gasteiger partial charge is 0.349 e. The van der Waals surface area contributed by atoms with Crippen molar-refractivity contribution < 1.29 is 9.18 Å². The second kappa shape index (κ2) is 5.25. The van der Waals surface area contributed by atoms with E-state index in [0.717, 1.165) is 19.3 Å². The lowest BCUT2D eigenvalue weighted by Crippen LogP contribution is -2.38. The van der Waals surface area contributed by atoms with Crippen LogP contribution in [0.25, 0.3) is 0 Å². The zero-order chi connectivity index (χ0) is 12.3. The lowest BCUT2D eigenvalue weighted by Gasteiger charge is -2.27. The van der Waals surface area contributed by atoms with Crippen molar-refractivity contribution in [2.75, 3.05) is 0 Å². The van der Waals surface area contributed by atoms with Crippen molar-refractivity contribution in [1.29, 1.82) is 0 Å². The van der Waals surface area contributed by atoms with E-state index in [1.807, 2.05) is 0 Å². The Morgan fingerprint density at radius 2 is 2.35 bits per heavy atom. The van der Waals surface area contributed by atoms with Gasteiger partial charge in [-0.1, -0.05) is 19.8 Å². The summed E-state index contributed by atoms with van der Waals surface area (Å²) in [5, 5.41) is 2.89. The Morgan fingerprint density at radius 1 is 1.53 bits per heavy atom. The van der Waals surface area contributed by atoms with Crippen LogP contribution in [0.3, 0.4) is 0 Å². The lowest BCUT2D eigenvalue weighted by atomic mass is 9.87. The molecular weight excluding hydrogens is 219 g/mol. The third kappa shape index (κ3) is 3.02. The van der Waals surface area contributed by atoms with Crippen LogP contribution in [0.4, 0.5) is 4.39 Å². The Bertz CT molecular complexity index is 408. The number of aromatic nitrogens is 1. The number of pyridine rings is 1. The molecule has 1 fully saturated rings. The topological polar surface area (TPSA) is 42.0 Å². The van der Waals surface area contributed by atoms with E-state index in [1.54, 1.807) is 6.07 Å². The summed E-state index contributed by atoms with van der Waals surface area (Å²) in [7, 11) is 0. The molecule has 2 rings (SSSR count). The normalized spacial score (nSPS) is 24.4. The lowest BCUT2D eigenvalue weighted by molar-refractivity contribution is 0.0916. The number of hydrogen-bond donors (Lipinski definition) is 1. The Hall–Kier alpha value is -1.45. The highest BCUT2D eigenvalue weighted by atomic mass is 19.1. The number of carbonyl (C=O) groups is 1. The average Bonchev–Trinajstić information content (AvgIpc) is 2.29. The van der Waals surface area contributed by atoms with E-state index in [1.165, 1.54) is 18.7 Å². The number of halogens is 1. The maximum atomic E-state index is 13.3. The first-order valence-corrected chi connectivity index (χ1v) is 6.08. The smallest absolute Gasteiger partial charge is 0.256 e. The van der Waals surface area contributed by atoms with Crippen molar-refractivity contribution in [1.82, 2.24) is 10.3 Å². The molecule has 1 heterocycles. The van der Waals surface area contributed by atoms with Crippen molar-refractivity contribution in [2.45, 2.75) is 38.6 Å². The van der Waals surface area contributed by atoms with E-state index in [9.17, 15) is 9.18 Å². The zero-order valence-corrected chi connectivity index (χ0v) is 9.95. The molecule has 0 saturated heterocycles. The van der Waals surface area contributed by atoms with E-state index in [4.69, 9.17) is 0 Å². The first-order valence-electron chi connectivity index (χ1n) is 6.08. The van der Waals surface area contributed by atoms with E-state index in [2.05, 4.69) is 17.2 Å². The van der Waals surface area contributed by atoms with Gasteiger partial charge in [0.15, 0.2) is 0 Å². The van der Waals surface area contributed by atoms with Gasteiger partial charge in [-0.25, -0.2) is 4.98 Å². The first-order chi connectivity index (χ1) is 8.16. The van der Waals surface area contributed by atoms with E-state index in [-0.39, 0.29) is 17.5 Å². The summed E-state index contributed by atoms with van der Waals surface area (Å²) >= 11 is 0. The standard InChI is InChI=1S/C13H17FN2O/c1-9-4-2-5-10(8-9)16-13(17)11-6-3-7-15-12(11)14/h3,6-7,9-10H,2,4-5,8H2,1H3,(H,16,17). The summed E-state index contributed by atoms with van der Waals surface area (Å²) in [5.74, 6) is -0.420. The van der Waals surface area contributed by atoms with Crippen LogP contribution in [0.5, 0.6) is 0 Å². The summed E-state index contributed by atoms with van der Waals surface area (Å²) in [5.41, 5.74) is 0.0331. The second-order valence-corrected chi connectivity index (χ2v) is 4.78. The molecule has 0 aromatic carbocycles. The van der Waals surface area contributed by atoms with Gasteiger partial charge in [0.1, 0.15) is 0 Å². The molecule has 1 aliphatic carbocycles. The molecule has 2 unspecified atom stereocenters. The van der Waals surface area contributed by atoms with Gasteiger partial charge < -0.3 is 5.32 Å². The SMILES string of the molecule is CC1CCCC(NC(=O)c2cccnc2F)C1. The summed E-state index contributed by atoms with van der Waals surface area (Å²) < 4.78 is 13.3. The van der Waals surface area contributed by atoms with Crippen molar-refractivity contribution in [3.8, 4) is 0 Å². The molecule has 1 aromatic heterocycles. The van der Waals surface area contributed by atoms with Gasteiger partial charge in [-0.15, -0.1) is 0 Å². The number of carbonyl (C=O) groups excluding carboxylic acids is 1. The number of amides is 1. The predicted molar refractivity (Wildman–Crippen MR) is 63.1 cm³/mol. The molecule has 1 aliphatic rings. The van der Waals surface area contributed by atoms with Crippen molar-refractivity contribution >= 4 is 5.91 Å². The molecule has 17 heavy (non-hydrogen) atoms. The average molecular weight is 236 g/mol. The van der Waals surface area contributed by atoms with Crippen molar-refractivity contribution in [3.63, 3.8) is 0 Å². The summed E-state index contributed by atoms with van der Waals surface area (Å²) in [6, 6.07) is 3.21. The fraction of sp³-hybridized carbons (Fsp3) is 0.538. The van der Waals surface area contributed by atoms with Crippen LogP contribution in [0.1, 0.15) is 43.0 Å². The van der Waals surface area contributed by atoms with E-state index in [0.29, 0.717) is 5.92 Å². The molecule has 1 amide bonds. The molecule has 4 heteroatoms. The van der Waals surface area contributed by atoms with E-state index >= 15 is 0 Å². The monoisotopic (exact) mass is 236 g/mol. The van der Waals surface area contributed by atoms with Gasteiger partial charge in [-0.3, -0.25) is 4.79 Å². The summed E-state index contributed by atoms with van der Waals surface area (Å²) in [6.07, 6.45) is 5.65. The van der Waals surface area contributed by atoms with Crippen LogP contribution in [0.2, 0.25) is 0 Å². The minimum atomic E-state index is -0.700. The fourth-order valence-electron chi connectivity index (χ4n) is 2.38. The van der Waals surface area contributed by atoms with Crippen LogP contribution >= 0.6 is 0 Å². The molecule has 2 atom stereocenters. The van der Waals surface area contributed by atoms with Crippen molar-refractivity contribution in [2.24, 2.45) is 5.92 Å². The molecule has 92 valence electrons. The minimum absolute atomic E-state index is 0.0331. The quantitative estimate of drug-likeness (QED) is 0.802.